The van der Waals surface area contributed by atoms with Crippen LogP contribution in [0.1, 0.15) is 12.8 Å². The summed E-state index contributed by atoms with van der Waals surface area (Å²) in [5.74, 6) is -1.44. The quantitative estimate of drug-likeness (QED) is 0.671. The van der Waals surface area contributed by atoms with Gasteiger partial charge in [-0.3, -0.25) is 4.79 Å². The molecule has 2 rings (SSSR count). The van der Waals surface area contributed by atoms with Crippen LogP contribution in [0.2, 0.25) is 0 Å². The first-order valence-corrected chi connectivity index (χ1v) is 6.12. The zero-order valence-electron chi connectivity index (χ0n) is 10.5. The standard InChI is InChI=1S/C12H19NO5/c1-17-9-3-6-7(5-14)11(12(15)16)13-8(6)4-10(9)18-2/h5-11,13H,3-4H2,1-2H3,(H,15,16). The summed E-state index contributed by atoms with van der Waals surface area (Å²) in [4.78, 5) is 22.3. The van der Waals surface area contributed by atoms with Crippen molar-refractivity contribution in [2.24, 2.45) is 11.8 Å². The number of aliphatic carboxylic acids is 1. The zero-order chi connectivity index (χ0) is 13.3. The number of rotatable bonds is 4. The fraction of sp³-hybridized carbons (Fsp3) is 0.833. The molecule has 0 aromatic rings. The van der Waals surface area contributed by atoms with Crippen LogP contribution < -0.4 is 5.32 Å². The van der Waals surface area contributed by atoms with E-state index in [-0.39, 0.29) is 24.2 Å². The van der Waals surface area contributed by atoms with Crippen LogP contribution in [-0.4, -0.2) is 55.9 Å². The first kappa shape index (κ1) is 13.5. The lowest BCUT2D eigenvalue weighted by Gasteiger charge is -2.37. The SMILES string of the molecule is COC1CC2NC(C(=O)O)C(C=O)C2CC1OC. The van der Waals surface area contributed by atoms with E-state index in [1.165, 1.54) is 0 Å². The van der Waals surface area contributed by atoms with Crippen molar-refractivity contribution < 1.29 is 24.2 Å². The van der Waals surface area contributed by atoms with E-state index in [0.717, 1.165) is 6.29 Å². The molecule has 2 aliphatic rings. The molecular formula is C12H19NO5. The second-order valence-electron chi connectivity index (χ2n) is 4.99. The average Bonchev–Trinajstić information content (AvgIpc) is 2.74. The number of carbonyl (C=O) groups excluding carboxylic acids is 1. The highest BCUT2D eigenvalue weighted by Crippen LogP contribution is 2.38. The highest BCUT2D eigenvalue weighted by Gasteiger charge is 2.51. The number of aldehydes is 1. The highest BCUT2D eigenvalue weighted by atomic mass is 16.5. The molecule has 1 saturated carbocycles. The van der Waals surface area contributed by atoms with Crippen LogP contribution in [0.15, 0.2) is 0 Å². The molecule has 2 N–H and O–H groups in total. The van der Waals surface area contributed by atoms with E-state index < -0.39 is 17.9 Å². The Balaban J connectivity index is 2.16. The number of nitrogens with one attached hydrogen (secondary N) is 1. The Morgan fingerprint density at radius 3 is 2.39 bits per heavy atom. The van der Waals surface area contributed by atoms with Crippen LogP contribution in [0.3, 0.4) is 0 Å². The minimum atomic E-state index is -0.968. The van der Waals surface area contributed by atoms with E-state index in [2.05, 4.69) is 5.32 Å². The van der Waals surface area contributed by atoms with E-state index in [4.69, 9.17) is 14.6 Å². The highest BCUT2D eigenvalue weighted by molar-refractivity contribution is 5.79. The van der Waals surface area contributed by atoms with Gasteiger partial charge in [0.25, 0.3) is 0 Å². The summed E-state index contributed by atoms with van der Waals surface area (Å²) in [7, 11) is 3.24. The summed E-state index contributed by atoms with van der Waals surface area (Å²) in [6, 6.07) is -0.775. The lowest BCUT2D eigenvalue weighted by Crippen LogP contribution is -2.46. The molecule has 18 heavy (non-hydrogen) atoms. The number of ether oxygens (including phenoxy) is 2. The minimum absolute atomic E-state index is 0.0117. The lowest BCUT2D eigenvalue weighted by atomic mass is 9.76. The van der Waals surface area contributed by atoms with Crippen molar-refractivity contribution in [3.63, 3.8) is 0 Å². The summed E-state index contributed by atoms with van der Waals surface area (Å²) in [6.45, 7) is 0. The molecule has 6 unspecified atom stereocenters. The summed E-state index contributed by atoms with van der Waals surface area (Å²) < 4.78 is 10.7. The molecule has 1 aliphatic heterocycles. The molecule has 6 nitrogen and oxygen atoms in total. The number of fused-ring (bicyclic) bond motifs is 1. The predicted molar refractivity (Wildman–Crippen MR) is 62.2 cm³/mol. The summed E-state index contributed by atoms with van der Waals surface area (Å²) in [5, 5.41) is 12.2. The normalized spacial score (nSPS) is 43.4. The fourth-order valence-electron chi connectivity index (χ4n) is 3.28. The molecular weight excluding hydrogens is 238 g/mol. The van der Waals surface area contributed by atoms with Gasteiger partial charge in [-0.25, -0.2) is 0 Å². The molecule has 0 radical (unpaired) electrons. The number of carboxylic acids is 1. The van der Waals surface area contributed by atoms with Gasteiger partial charge in [-0.15, -0.1) is 0 Å². The second kappa shape index (κ2) is 5.34. The van der Waals surface area contributed by atoms with E-state index in [1.54, 1.807) is 14.2 Å². The van der Waals surface area contributed by atoms with Gasteiger partial charge < -0.3 is 24.7 Å². The molecule has 6 atom stereocenters. The van der Waals surface area contributed by atoms with Gasteiger partial charge >= 0.3 is 5.97 Å². The molecule has 1 aliphatic carbocycles. The van der Waals surface area contributed by atoms with E-state index in [0.29, 0.717) is 12.8 Å². The van der Waals surface area contributed by atoms with Crippen molar-refractivity contribution in [3.8, 4) is 0 Å². The van der Waals surface area contributed by atoms with Gasteiger partial charge in [-0.05, 0) is 18.8 Å². The maximum Gasteiger partial charge on any atom is 0.321 e. The van der Waals surface area contributed by atoms with Gasteiger partial charge in [0.05, 0.1) is 12.2 Å². The minimum Gasteiger partial charge on any atom is -0.480 e. The zero-order valence-corrected chi connectivity index (χ0v) is 10.5. The molecule has 6 heteroatoms. The van der Waals surface area contributed by atoms with Gasteiger partial charge in [-0.1, -0.05) is 0 Å². The Bertz CT molecular complexity index is 334. The molecule has 0 aromatic heterocycles. The third-order valence-electron chi connectivity index (χ3n) is 4.22. The molecule has 2 fully saturated rings. The molecule has 1 saturated heterocycles. The third kappa shape index (κ3) is 2.15. The Morgan fingerprint density at radius 1 is 1.28 bits per heavy atom. The van der Waals surface area contributed by atoms with Crippen LogP contribution in [0.4, 0.5) is 0 Å². The first-order chi connectivity index (χ1) is 8.62. The Hall–Kier alpha value is -0.980. The third-order valence-corrected chi connectivity index (χ3v) is 4.22. The van der Waals surface area contributed by atoms with E-state index in [9.17, 15) is 9.59 Å². The van der Waals surface area contributed by atoms with Gasteiger partial charge in [0, 0.05) is 26.2 Å². The maximum atomic E-state index is 11.1. The smallest absolute Gasteiger partial charge is 0.321 e. The Kier molecular flexibility index (Phi) is 3.99. The van der Waals surface area contributed by atoms with Crippen LogP contribution in [0, 0.1) is 11.8 Å². The molecule has 0 amide bonds. The number of methoxy groups -OCH3 is 2. The van der Waals surface area contributed by atoms with Crippen LogP contribution >= 0.6 is 0 Å². The summed E-state index contributed by atoms with van der Waals surface area (Å²) in [5.41, 5.74) is 0. The number of carbonyl (C=O) groups is 2. The van der Waals surface area contributed by atoms with Crippen molar-refractivity contribution in [2.45, 2.75) is 37.1 Å². The molecule has 102 valence electrons. The summed E-state index contributed by atoms with van der Waals surface area (Å²) in [6.07, 6.45) is 1.96. The van der Waals surface area contributed by atoms with Gasteiger partial charge in [0.2, 0.25) is 0 Å². The largest absolute Gasteiger partial charge is 0.480 e. The second-order valence-corrected chi connectivity index (χ2v) is 4.99. The van der Waals surface area contributed by atoms with E-state index >= 15 is 0 Å². The average molecular weight is 257 g/mol. The molecule has 1 heterocycles. The van der Waals surface area contributed by atoms with Crippen molar-refractivity contribution in [3.05, 3.63) is 0 Å². The topological polar surface area (TPSA) is 84.9 Å². The van der Waals surface area contributed by atoms with Gasteiger partial charge in [0.1, 0.15) is 12.3 Å². The Labute approximate surface area is 106 Å². The molecule has 0 bridgehead atoms. The number of carboxylic acid groups (broad SMARTS) is 1. The first-order valence-electron chi connectivity index (χ1n) is 6.12. The maximum absolute atomic E-state index is 11.1. The van der Waals surface area contributed by atoms with Crippen molar-refractivity contribution >= 4 is 12.3 Å². The van der Waals surface area contributed by atoms with Crippen LogP contribution in [0.5, 0.6) is 0 Å². The fourth-order valence-corrected chi connectivity index (χ4v) is 3.28. The van der Waals surface area contributed by atoms with Crippen molar-refractivity contribution in [2.75, 3.05) is 14.2 Å². The number of hydrogen-bond acceptors (Lipinski definition) is 5. The van der Waals surface area contributed by atoms with Gasteiger partial charge in [-0.2, -0.15) is 0 Å². The molecule has 0 spiro atoms. The summed E-state index contributed by atoms with van der Waals surface area (Å²) >= 11 is 0. The Morgan fingerprint density at radius 2 is 1.89 bits per heavy atom. The van der Waals surface area contributed by atoms with Gasteiger partial charge in [0.15, 0.2) is 0 Å². The van der Waals surface area contributed by atoms with Crippen LogP contribution in [-0.2, 0) is 19.1 Å². The monoisotopic (exact) mass is 257 g/mol. The van der Waals surface area contributed by atoms with Crippen molar-refractivity contribution in [1.82, 2.24) is 5.32 Å². The van der Waals surface area contributed by atoms with Crippen molar-refractivity contribution in [1.29, 1.82) is 0 Å². The van der Waals surface area contributed by atoms with E-state index in [1.807, 2.05) is 0 Å². The predicted octanol–water partition coefficient (Wildman–Crippen LogP) is -0.333. The molecule has 0 aromatic carbocycles. The number of hydrogen-bond donors (Lipinski definition) is 2. The lowest BCUT2D eigenvalue weighted by molar-refractivity contribution is -0.141. The van der Waals surface area contributed by atoms with Crippen LogP contribution in [0.25, 0.3) is 0 Å².